The van der Waals surface area contributed by atoms with E-state index in [1.54, 1.807) is 0 Å². The van der Waals surface area contributed by atoms with Crippen molar-refractivity contribution in [3.63, 3.8) is 0 Å². The largest absolute Gasteiger partial charge is 0.367 e. The number of hydrogen-bond acceptors (Lipinski definition) is 4. The second-order valence-electron chi connectivity index (χ2n) is 5.94. The van der Waals surface area contributed by atoms with Gasteiger partial charge in [-0.05, 0) is 32.6 Å². The van der Waals surface area contributed by atoms with Crippen LogP contribution in [0, 0.1) is 6.92 Å². The van der Waals surface area contributed by atoms with Crippen molar-refractivity contribution in [2.75, 3.05) is 10.6 Å². The molecule has 1 aromatic heterocycles. The van der Waals surface area contributed by atoms with Gasteiger partial charge in [-0.3, -0.25) is 0 Å². The maximum Gasteiger partial charge on any atom is 0.132 e. The van der Waals surface area contributed by atoms with Crippen LogP contribution in [-0.2, 0) is 0 Å². The molecule has 104 valence electrons. The molecule has 2 N–H and O–H groups in total. The number of hydrogen-bond donors (Lipinski definition) is 2. The average Bonchev–Trinajstić information content (AvgIpc) is 3.01. The van der Waals surface area contributed by atoms with Gasteiger partial charge in [-0.1, -0.05) is 25.7 Å². The molecule has 0 bridgehead atoms. The first-order valence-electron chi connectivity index (χ1n) is 7.68. The summed E-state index contributed by atoms with van der Waals surface area (Å²) in [7, 11) is 0. The standard InChI is InChI=1S/C15H24N4/c1-11-16-14(18-12-6-2-3-7-12)10-15(17-11)19-13-8-4-5-9-13/h10,12-13H,2-9H2,1H3,(H2,16,17,18,19). The summed E-state index contributed by atoms with van der Waals surface area (Å²) in [5.74, 6) is 2.82. The van der Waals surface area contributed by atoms with Crippen molar-refractivity contribution in [3.05, 3.63) is 11.9 Å². The molecule has 19 heavy (non-hydrogen) atoms. The molecule has 0 aliphatic heterocycles. The summed E-state index contributed by atoms with van der Waals surface area (Å²) in [5.41, 5.74) is 0. The normalized spacial score (nSPS) is 20.9. The predicted octanol–water partition coefficient (Wildman–Crippen LogP) is 3.49. The van der Waals surface area contributed by atoms with Crippen molar-refractivity contribution in [3.8, 4) is 0 Å². The maximum atomic E-state index is 4.51. The van der Waals surface area contributed by atoms with Gasteiger partial charge >= 0.3 is 0 Å². The fourth-order valence-corrected chi connectivity index (χ4v) is 3.27. The fraction of sp³-hybridized carbons (Fsp3) is 0.733. The van der Waals surface area contributed by atoms with Crippen molar-refractivity contribution in [2.24, 2.45) is 0 Å². The highest BCUT2D eigenvalue weighted by molar-refractivity contribution is 5.48. The Morgan fingerprint density at radius 3 is 1.68 bits per heavy atom. The summed E-state index contributed by atoms with van der Waals surface area (Å²) in [6, 6.07) is 3.28. The molecule has 0 aromatic carbocycles. The van der Waals surface area contributed by atoms with Gasteiger partial charge < -0.3 is 10.6 Å². The summed E-state index contributed by atoms with van der Waals surface area (Å²) < 4.78 is 0. The van der Waals surface area contributed by atoms with E-state index in [1.807, 2.05) is 6.92 Å². The number of nitrogens with zero attached hydrogens (tertiary/aromatic N) is 2. The van der Waals surface area contributed by atoms with Crippen molar-refractivity contribution in [1.29, 1.82) is 0 Å². The van der Waals surface area contributed by atoms with Gasteiger partial charge in [0.25, 0.3) is 0 Å². The molecule has 2 fully saturated rings. The second kappa shape index (κ2) is 5.76. The Hall–Kier alpha value is -1.32. The van der Waals surface area contributed by atoms with Gasteiger partial charge in [0.1, 0.15) is 17.5 Å². The zero-order valence-electron chi connectivity index (χ0n) is 11.8. The van der Waals surface area contributed by atoms with Gasteiger partial charge in [-0.25, -0.2) is 9.97 Å². The molecule has 2 aliphatic carbocycles. The lowest BCUT2D eigenvalue weighted by molar-refractivity contribution is 0.740. The van der Waals surface area contributed by atoms with Crippen LogP contribution in [0.15, 0.2) is 6.07 Å². The van der Waals surface area contributed by atoms with E-state index >= 15 is 0 Å². The number of anilines is 2. The first-order valence-corrected chi connectivity index (χ1v) is 7.68. The van der Waals surface area contributed by atoms with Gasteiger partial charge in [-0.15, -0.1) is 0 Å². The highest BCUT2D eigenvalue weighted by atomic mass is 15.1. The van der Waals surface area contributed by atoms with Crippen molar-refractivity contribution in [1.82, 2.24) is 9.97 Å². The van der Waals surface area contributed by atoms with Crippen LogP contribution in [0.1, 0.15) is 57.2 Å². The third-order valence-electron chi connectivity index (χ3n) is 4.25. The summed E-state index contributed by atoms with van der Waals surface area (Å²) in [5, 5.41) is 7.11. The Labute approximate surface area is 115 Å². The zero-order valence-corrected chi connectivity index (χ0v) is 11.8. The van der Waals surface area contributed by atoms with Crippen LogP contribution < -0.4 is 10.6 Å². The lowest BCUT2D eigenvalue weighted by Crippen LogP contribution is -2.19. The van der Waals surface area contributed by atoms with Crippen LogP contribution in [0.5, 0.6) is 0 Å². The van der Waals surface area contributed by atoms with Crippen molar-refractivity contribution >= 4 is 11.6 Å². The Bertz CT molecular complexity index is 384. The van der Waals surface area contributed by atoms with Crippen molar-refractivity contribution in [2.45, 2.75) is 70.4 Å². The average molecular weight is 260 g/mol. The number of aryl methyl sites for hydroxylation is 1. The predicted molar refractivity (Wildman–Crippen MR) is 78.5 cm³/mol. The van der Waals surface area contributed by atoms with Gasteiger partial charge in [0.2, 0.25) is 0 Å². The third-order valence-corrected chi connectivity index (χ3v) is 4.25. The van der Waals surface area contributed by atoms with Gasteiger partial charge in [0, 0.05) is 18.2 Å². The van der Waals surface area contributed by atoms with E-state index in [-0.39, 0.29) is 0 Å². The quantitative estimate of drug-likeness (QED) is 0.870. The molecule has 1 aromatic rings. The summed E-state index contributed by atoms with van der Waals surface area (Å²) in [6.07, 6.45) is 10.5. The Morgan fingerprint density at radius 2 is 1.26 bits per heavy atom. The molecule has 0 saturated heterocycles. The summed E-state index contributed by atoms with van der Waals surface area (Å²) >= 11 is 0. The molecule has 2 saturated carbocycles. The Balaban J connectivity index is 1.67. The topological polar surface area (TPSA) is 49.8 Å². The van der Waals surface area contributed by atoms with E-state index in [9.17, 15) is 0 Å². The lowest BCUT2D eigenvalue weighted by Gasteiger charge is -2.16. The van der Waals surface area contributed by atoms with Gasteiger partial charge in [0.05, 0.1) is 0 Å². The minimum atomic E-state index is 0.605. The first-order chi connectivity index (χ1) is 9.29. The minimum Gasteiger partial charge on any atom is -0.367 e. The van der Waals surface area contributed by atoms with Crippen LogP contribution in [0.4, 0.5) is 11.6 Å². The smallest absolute Gasteiger partial charge is 0.132 e. The molecular weight excluding hydrogens is 236 g/mol. The van der Waals surface area contributed by atoms with Crippen LogP contribution in [0.3, 0.4) is 0 Å². The van der Waals surface area contributed by atoms with Crippen molar-refractivity contribution < 1.29 is 0 Å². The van der Waals surface area contributed by atoms with Crippen LogP contribution in [0.25, 0.3) is 0 Å². The van der Waals surface area contributed by atoms with E-state index in [1.165, 1.54) is 51.4 Å². The molecule has 0 atom stereocenters. The van der Waals surface area contributed by atoms with E-state index in [2.05, 4.69) is 26.7 Å². The van der Waals surface area contributed by atoms with E-state index in [4.69, 9.17) is 0 Å². The second-order valence-corrected chi connectivity index (χ2v) is 5.94. The molecule has 0 radical (unpaired) electrons. The van der Waals surface area contributed by atoms with Gasteiger partial charge in [0.15, 0.2) is 0 Å². The number of rotatable bonds is 4. The zero-order chi connectivity index (χ0) is 13.1. The molecule has 0 unspecified atom stereocenters. The monoisotopic (exact) mass is 260 g/mol. The van der Waals surface area contributed by atoms with Crippen LogP contribution in [0.2, 0.25) is 0 Å². The highest BCUT2D eigenvalue weighted by Crippen LogP contribution is 2.24. The van der Waals surface area contributed by atoms with Crippen LogP contribution >= 0.6 is 0 Å². The molecular formula is C15H24N4. The molecule has 2 aliphatic rings. The molecule has 4 heteroatoms. The van der Waals surface area contributed by atoms with E-state index in [0.717, 1.165) is 17.5 Å². The minimum absolute atomic E-state index is 0.605. The van der Waals surface area contributed by atoms with E-state index < -0.39 is 0 Å². The molecule has 1 heterocycles. The Morgan fingerprint density at radius 1 is 0.842 bits per heavy atom. The van der Waals surface area contributed by atoms with Crippen LogP contribution in [-0.4, -0.2) is 22.1 Å². The number of aromatic nitrogens is 2. The highest BCUT2D eigenvalue weighted by Gasteiger charge is 2.17. The SMILES string of the molecule is Cc1nc(NC2CCCC2)cc(NC2CCCC2)n1. The van der Waals surface area contributed by atoms with Gasteiger partial charge in [-0.2, -0.15) is 0 Å². The molecule has 0 amide bonds. The molecule has 3 rings (SSSR count). The number of nitrogens with one attached hydrogen (secondary N) is 2. The third kappa shape index (κ3) is 3.37. The lowest BCUT2D eigenvalue weighted by atomic mass is 10.2. The first kappa shape index (κ1) is 12.7. The summed E-state index contributed by atoms with van der Waals surface area (Å²) in [6.45, 7) is 1.97. The fourth-order valence-electron chi connectivity index (χ4n) is 3.27. The van der Waals surface area contributed by atoms with E-state index in [0.29, 0.717) is 12.1 Å². The Kier molecular flexibility index (Phi) is 3.85. The molecule has 0 spiro atoms. The molecule has 4 nitrogen and oxygen atoms in total. The summed E-state index contributed by atoms with van der Waals surface area (Å²) in [4.78, 5) is 9.02. The maximum absolute atomic E-state index is 4.51.